The summed E-state index contributed by atoms with van der Waals surface area (Å²) in [5.74, 6) is -0.421. The molecule has 9 nitrogen and oxygen atoms in total. The number of fused-ring (bicyclic) bond motifs is 1. The molecule has 1 fully saturated rings. The lowest BCUT2D eigenvalue weighted by Gasteiger charge is -1.95. The van der Waals surface area contributed by atoms with Crippen molar-refractivity contribution >= 4 is 68.0 Å². The lowest BCUT2D eigenvalue weighted by atomic mass is 10.3. The zero-order chi connectivity index (χ0) is 18.1. The zero-order valence-corrected chi connectivity index (χ0v) is 14.9. The van der Waals surface area contributed by atoms with Crippen molar-refractivity contribution in [2.75, 3.05) is 5.32 Å². The molecule has 3 N–H and O–H groups in total. The molecule has 26 heavy (non-hydrogen) atoms. The molecule has 4 rings (SSSR count). The van der Waals surface area contributed by atoms with Crippen LogP contribution < -0.4 is 10.6 Å². The summed E-state index contributed by atoms with van der Waals surface area (Å²) >= 11 is 2.52. The van der Waals surface area contributed by atoms with E-state index >= 15 is 0 Å². The Morgan fingerprint density at radius 1 is 1.38 bits per heavy atom. The summed E-state index contributed by atoms with van der Waals surface area (Å²) in [6.45, 7) is 1.42. The fourth-order valence-corrected chi connectivity index (χ4v) is 3.90. The van der Waals surface area contributed by atoms with Crippen LogP contribution in [0.3, 0.4) is 0 Å². The molecule has 130 valence electrons. The maximum absolute atomic E-state index is 12.1. The molecular weight excluding hydrogens is 374 g/mol. The first-order valence-electron chi connectivity index (χ1n) is 7.41. The number of amidine groups is 1. The topological polar surface area (TPSA) is 125 Å². The molecule has 1 aliphatic rings. The van der Waals surface area contributed by atoms with Gasteiger partial charge >= 0.3 is 0 Å². The van der Waals surface area contributed by atoms with Gasteiger partial charge in [-0.2, -0.15) is 0 Å². The van der Waals surface area contributed by atoms with Crippen LogP contribution in [0.5, 0.6) is 0 Å². The fourth-order valence-electron chi connectivity index (χ4n) is 2.19. The number of benzene rings is 1. The SMILES string of the molecule is CC(=O)Nc1ncc(C=C2SC(=Nc3ccc4[nH]nnc4c3)NC2=O)s1. The normalized spacial score (nSPS) is 17.2. The van der Waals surface area contributed by atoms with Crippen molar-refractivity contribution in [3.8, 4) is 0 Å². The Hall–Kier alpha value is -3.05. The second-order valence-electron chi connectivity index (χ2n) is 5.24. The number of thiazole rings is 1. The van der Waals surface area contributed by atoms with Crippen LogP contribution in [0, 0.1) is 0 Å². The van der Waals surface area contributed by atoms with Gasteiger partial charge in [-0.1, -0.05) is 16.6 Å². The number of aromatic nitrogens is 4. The lowest BCUT2D eigenvalue weighted by molar-refractivity contribution is -0.115. The van der Waals surface area contributed by atoms with E-state index in [1.54, 1.807) is 18.3 Å². The van der Waals surface area contributed by atoms with Crippen LogP contribution in [0.1, 0.15) is 11.8 Å². The molecule has 0 spiro atoms. The average molecular weight is 385 g/mol. The number of rotatable bonds is 3. The fraction of sp³-hybridized carbons (Fsp3) is 0.0667. The first-order chi connectivity index (χ1) is 12.6. The summed E-state index contributed by atoms with van der Waals surface area (Å²) in [7, 11) is 0. The predicted octanol–water partition coefficient (Wildman–Crippen LogP) is 2.26. The summed E-state index contributed by atoms with van der Waals surface area (Å²) in [6, 6.07) is 5.42. The first-order valence-corrected chi connectivity index (χ1v) is 9.04. The van der Waals surface area contributed by atoms with Gasteiger partial charge in [0.25, 0.3) is 5.91 Å². The van der Waals surface area contributed by atoms with E-state index in [1.165, 1.54) is 30.0 Å². The highest BCUT2D eigenvalue weighted by Gasteiger charge is 2.24. The third-order valence-electron chi connectivity index (χ3n) is 3.27. The van der Waals surface area contributed by atoms with E-state index < -0.39 is 0 Å². The number of aliphatic imine (C=N–C) groups is 1. The highest BCUT2D eigenvalue weighted by Crippen LogP contribution is 2.30. The van der Waals surface area contributed by atoms with E-state index in [-0.39, 0.29) is 11.8 Å². The minimum Gasteiger partial charge on any atom is -0.302 e. The summed E-state index contributed by atoms with van der Waals surface area (Å²) in [5, 5.41) is 16.8. The largest absolute Gasteiger partial charge is 0.302 e. The van der Waals surface area contributed by atoms with Gasteiger partial charge in [-0.25, -0.2) is 9.98 Å². The quantitative estimate of drug-likeness (QED) is 0.594. The molecule has 1 aliphatic heterocycles. The molecule has 2 amide bonds. The van der Waals surface area contributed by atoms with E-state index in [2.05, 4.69) is 36.0 Å². The van der Waals surface area contributed by atoms with Crippen molar-refractivity contribution in [3.63, 3.8) is 0 Å². The summed E-state index contributed by atoms with van der Waals surface area (Å²) in [4.78, 5) is 33.0. The molecule has 3 heterocycles. The van der Waals surface area contributed by atoms with Crippen molar-refractivity contribution in [1.29, 1.82) is 0 Å². The Labute approximate surface area is 155 Å². The first kappa shape index (κ1) is 16.4. The van der Waals surface area contributed by atoms with E-state index in [0.717, 1.165) is 10.4 Å². The molecule has 2 aromatic heterocycles. The molecule has 11 heteroatoms. The van der Waals surface area contributed by atoms with Crippen LogP contribution in [0.4, 0.5) is 10.8 Å². The van der Waals surface area contributed by atoms with E-state index in [0.29, 0.717) is 26.4 Å². The average Bonchev–Trinajstić information content (AvgIpc) is 3.29. The number of nitrogens with one attached hydrogen (secondary N) is 3. The predicted molar refractivity (Wildman–Crippen MR) is 101 cm³/mol. The van der Waals surface area contributed by atoms with E-state index in [1.807, 2.05) is 12.1 Å². The number of hydrogen-bond acceptors (Lipinski definition) is 8. The maximum atomic E-state index is 12.1. The van der Waals surface area contributed by atoms with Crippen molar-refractivity contribution in [2.45, 2.75) is 6.92 Å². The van der Waals surface area contributed by atoms with E-state index in [4.69, 9.17) is 0 Å². The molecule has 3 aromatic rings. The molecule has 0 saturated carbocycles. The van der Waals surface area contributed by atoms with Gasteiger partial charge in [0.1, 0.15) is 5.52 Å². The Balaban J connectivity index is 1.54. The third-order valence-corrected chi connectivity index (χ3v) is 5.04. The molecule has 0 bridgehead atoms. The van der Waals surface area contributed by atoms with Gasteiger partial charge in [-0.3, -0.25) is 14.7 Å². The van der Waals surface area contributed by atoms with Crippen molar-refractivity contribution < 1.29 is 9.59 Å². The summed E-state index contributed by atoms with van der Waals surface area (Å²) in [5.41, 5.74) is 2.19. The highest BCUT2D eigenvalue weighted by molar-refractivity contribution is 8.18. The number of nitrogens with zero attached hydrogens (tertiary/aromatic N) is 4. The van der Waals surface area contributed by atoms with Crippen molar-refractivity contribution in [2.24, 2.45) is 4.99 Å². The van der Waals surface area contributed by atoms with Crippen LogP contribution in [-0.2, 0) is 9.59 Å². The molecule has 0 atom stereocenters. The van der Waals surface area contributed by atoms with Gasteiger partial charge in [-0.05, 0) is 36.0 Å². The monoisotopic (exact) mass is 385 g/mol. The lowest BCUT2D eigenvalue weighted by Crippen LogP contribution is -2.19. The smallest absolute Gasteiger partial charge is 0.264 e. The Morgan fingerprint density at radius 3 is 3.12 bits per heavy atom. The Morgan fingerprint density at radius 2 is 2.27 bits per heavy atom. The second-order valence-corrected chi connectivity index (χ2v) is 7.34. The molecule has 1 saturated heterocycles. The van der Waals surface area contributed by atoms with Crippen molar-refractivity contribution in [3.05, 3.63) is 34.2 Å². The number of thioether (sulfide) groups is 1. The van der Waals surface area contributed by atoms with Gasteiger partial charge in [0.2, 0.25) is 5.91 Å². The standard InChI is InChI=1S/C15H11N7O2S2/c1-7(23)17-14-16-6-9(25-14)5-12-13(24)19-15(26-12)18-8-2-3-10-11(4-8)21-22-20-10/h2-6H,1H3,(H,16,17,23)(H,18,19,24)(H,20,21,22). The van der Waals surface area contributed by atoms with Gasteiger partial charge in [0.15, 0.2) is 10.3 Å². The number of hydrogen-bond donors (Lipinski definition) is 3. The van der Waals surface area contributed by atoms with Crippen LogP contribution >= 0.6 is 23.1 Å². The molecule has 0 unspecified atom stereocenters. The molecular formula is C15H11N7O2S2. The van der Waals surface area contributed by atoms with Gasteiger partial charge in [0.05, 0.1) is 21.0 Å². The third kappa shape index (κ3) is 3.48. The maximum Gasteiger partial charge on any atom is 0.264 e. The van der Waals surface area contributed by atoms with Crippen LogP contribution in [0.15, 0.2) is 34.3 Å². The summed E-state index contributed by atoms with van der Waals surface area (Å²) < 4.78 is 0. The number of carbonyl (C=O) groups is 2. The molecule has 1 aromatic carbocycles. The highest BCUT2D eigenvalue weighted by atomic mass is 32.2. The van der Waals surface area contributed by atoms with Gasteiger partial charge < -0.3 is 10.6 Å². The summed E-state index contributed by atoms with van der Waals surface area (Å²) in [6.07, 6.45) is 3.32. The molecule has 0 aliphatic carbocycles. The van der Waals surface area contributed by atoms with Gasteiger partial charge in [0, 0.05) is 13.1 Å². The second kappa shape index (κ2) is 6.69. The van der Waals surface area contributed by atoms with Gasteiger partial charge in [-0.15, -0.1) is 5.10 Å². The van der Waals surface area contributed by atoms with E-state index in [9.17, 15) is 9.59 Å². The van der Waals surface area contributed by atoms with Crippen LogP contribution in [-0.4, -0.2) is 37.4 Å². The number of carbonyl (C=O) groups excluding carboxylic acids is 2. The number of H-pyrrole nitrogens is 1. The number of anilines is 1. The minimum absolute atomic E-state index is 0.190. The number of amides is 2. The Bertz CT molecular complexity index is 1080. The molecule has 0 radical (unpaired) electrons. The number of aromatic amines is 1. The van der Waals surface area contributed by atoms with Crippen LogP contribution in [0.2, 0.25) is 0 Å². The zero-order valence-electron chi connectivity index (χ0n) is 13.3. The van der Waals surface area contributed by atoms with Crippen LogP contribution in [0.25, 0.3) is 17.1 Å². The van der Waals surface area contributed by atoms with Crippen molar-refractivity contribution in [1.82, 2.24) is 25.7 Å². The Kier molecular flexibility index (Phi) is 4.22. The minimum atomic E-state index is -0.231.